The Morgan fingerprint density at radius 2 is 2.43 bits per heavy atom. The average molecular weight is 260 g/mol. The lowest BCUT2D eigenvalue weighted by Crippen LogP contribution is -2.09. The summed E-state index contributed by atoms with van der Waals surface area (Å²) < 4.78 is 5.26. The van der Waals surface area contributed by atoms with Gasteiger partial charge in [-0.2, -0.15) is 0 Å². The van der Waals surface area contributed by atoms with Gasteiger partial charge in [0.25, 0.3) is 0 Å². The van der Waals surface area contributed by atoms with Crippen LogP contribution in [0.5, 0.6) is 0 Å². The zero-order chi connectivity index (χ0) is 10.6. The van der Waals surface area contributed by atoms with E-state index < -0.39 is 12.1 Å². The maximum Gasteiger partial charge on any atom is 0.308 e. The first-order valence-corrected chi connectivity index (χ1v) is 4.79. The predicted octanol–water partition coefficient (Wildman–Crippen LogP) is 1.44. The molecule has 1 aromatic heterocycles. The Bertz CT molecular complexity index is 312. The first kappa shape index (κ1) is 11.1. The quantitative estimate of drug-likeness (QED) is 0.835. The van der Waals surface area contributed by atoms with Crippen LogP contribution in [0.25, 0.3) is 0 Å². The second kappa shape index (κ2) is 5.07. The summed E-state index contributed by atoms with van der Waals surface area (Å²) >= 11 is 3.22. The molecule has 1 atom stereocenters. The molecule has 14 heavy (non-hydrogen) atoms. The van der Waals surface area contributed by atoms with E-state index in [1.807, 2.05) is 0 Å². The Balaban J connectivity index is 2.65. The molecule has 0 aromatic carbocycles. The molecule has 0 saturated heterocycles. The minimum absolute atomic E-state index is 0.0782. The standard InChI is InChI=1S/C9H10BrNO3/c1-14-9(13)4-8(12)7-3-2-6(10)5-11-7/h2-3,5,8,12H,4H2,1H3/t8-/m0/s1. The number of ether oxygens (including phenoxy) is 1. The molecule has 1 rings (SSSR count). The van der Waals surface area contributed by atoms with Gasteiger partial charge in [-0.15, -0.1) is 0 Å². The molecule has 0 unspecified atom stereocenters. The minimum Gasteiger partial charge on any atom is -0.469 e. The summed E-state index contributed by atoms with van der Waals surface area (Å²) in [7, 11) is 1.28. The van der Waals surface area contributed by atoms with Gasteiger partial charge in [-0.25, -0.2) is 0 Å². The van der Waals surface area contributed by atoms with Crippen molar-refractivity contribution in [3.05, 3.63) is 28.5 Å². The zero-order valence-corrected chi connectivity index (χ0v) is 9.19. The van der Waals surface area contributed by atoms with Crippen LogP contribution in [0.15, 0.2) is 22.8 Å². The highest BCUT2D eigenvalue weighted by Gasteiger charge is 2.13. The van der Waals surface area contributed by atoms with Crippen molar-refractivity contribution in [3.8, 4) is 0 Å². The Morgan fingerprint density at radius 1 is 1.71 bits per heavy atom. The molecule has 0 spiro atoms. The first-order chi connectivity index (χ1) is 6.63. The van der Waals surface area contributed by atoms with Gasteiger partial charge in [0.2, 0.25) is 0 Å². The van der Waals surface area contributed by atoms with Crippen molar-refractivity contribution in [2.75, 3.05) is 7.11 Å². The second-order valence-electron chi connectivity index (χ2n) is 2.70. The van der Waals surface area contributed by atoms with E-state index in [0.717, 1.165) is 4.47 Å². The number of hydrogen-bond donors (Lipinski definition) is 1. The summed E-state index contributed by atoms with van der Waals surface area (Å²) in [6, 6.07) is 3.40. The van der Waals surface area contributed by atoms with Gasteiger partial charge in [-0.1, -0.05) is 0 Å². The number of aliphatic hydroxyl groups is 1. The zero-order valence-electron chi connectivity index (χ0n) is 7.61. The number of methoxy groups -OCH3 is 1. The topological polar surface area (TPSA) is 59.4 Å². The van der Waals surface area contributed by atoms with E-state index >= 15 is 0 Å². The van der Waals surface area contributed by atoms with Gasteiger partial charge in [0.1, 0.15) is 6.10 Å². The predicted molar refractivity (Wildman–Crippen MR) is 53.5 cm³/mol. The number of esters is 1. The van der Waals surface area contributed by atoms with Crippen LogP contribution in [0.3, 0.4) is 0 Å². The summed E-state index contributed by atoms with van der Waals surface area (Å²) in [5, 5.41) is 9.53. The first-order valence-electron chi connectivity index (χ1n) is 4.00. The molecule has 4 nitrogen and oxygen atoms in total. The Hall–Kier alpha value is -0.940. The van der Waals surface area contributed by atoms with Gasteiger partial charge in [-0.3, -0.25) is 9.78 Å². The number of aromatic nitrogens is 1. The maximum absolute atomic E-state index is 10.8. The lowest BCUT2D eigenvalue weighted by atomic mass is 10.2. The largest absolute Gasteiger partial charge is 0.469 e. The molecule has 1 aromatic rings. The van der Waals surface area contributed by atoms with Gasteiger partial charge in [0.15, 0.2) is 0 Å². The molecule has 1 heterocycles. The van der Waals surface area contributed by atoms with Crippen LogP contribution < -0.4 is 0 Å². The van der Waals surface area contributed by atoms with Crippen LogP contribution in [0.1, 0.15) is 18.2 Å². The van der Waals surface area contributed by atoms with Gasteiger partial charge in [0.05, 0.1) is 19.2 Å². The summed E-state index contributed by atoms with van der Waals surface area (Å²) in [5.41, 5.74) is 0.457. The van der Waals surface area contributed by atoms with Crippen LogP contribution in [0.2, 0.25) is 0 Å². The number of carbonyl (C=O) groups is 1. The summed E-state index contributed by atoms with van der Waals surface area (Å²) in [5.74, 6) is -0.456. The number of aliphatic hydroxyl groups excluding tert-OH is 1. The van der Waals surface area contributed by atoms with Crippen molar-refractivity contribution in [2.45, 2.75) is 12.5 Å². The third kappa shape index (κ3) is 3.08. The highest BCUT2D eigenvalue weighted by atomic mass is 79.9. The van der Waals surface area contributed by atoms with E-state index in [4.69, 9.17) is 0 Å². The third-order valence-corrected chi connectivity index (χ3v) is 2.15. The fourth-order valence-corrected chi connectivity index (χ4v) is 1.16. The van der Waals surface area contributed by atoms with Crippen LogP contribution in [-0.4, -0.2) is 23.2 Å². The van der Waals surface area contributed by atoms with Gasteiger partial charge in [-0.05, 0) is 28.1 Å². The van der Waals surface area contributed by atoms with Gasteiger partial charge < -0.3 is 9.84 Å². The fourth-order valence-electron chi connectivity index (χ4n) is 0.930. The third-order valence-electron chi connectivity index (χ3n) is 1.68. The lowest BCUT2D eigenvalue weighted by Gasteiger charge is -2.07. The van der Waals surface area contributed by atoms with E-state index in [0.29, 0.717) is 5.69 Å². The molecular weight excluding hydrogens is 250 g/mol. The Morgan fingerprint density at radius 3 is 2.93 bits per heavy atom. The van der Waals surface area contributed by atoms with Crippen molar-refractivity contribution in [1.29, 1.82) is 0 Å². The number of nitrogens with zero attached hydrogens (tertiary/aromatic N) is 1. The van der Waals surface area contributed by atoms with Crippen LogP contribution in [0.4, 0.5) is 0 Å². The minimum atomic E-state index is -0.907. The Kier molecular flexibility index (Phi) is 4.03. The molecule has 0 amide bonds. The highest BCUT2D eigenvalue weighted by Crippen LogP contribution is 2.16. The average Bonchev–Trinajstić information content (AvgIpc) is 2.18. The van der Waals surface area contributed by atoms with Gasteiger partial charge >= 0.3 is 5.97 Å². The molecule has 76 valence electrons. The van der Waals surface area contributed by atoms with Crippen LogP contribution in [0, 0.1) is 0 Å². The van der Waals surface area contributed by atoms with Crippen molar-refractivity contribution >= 4 is 21.9 Å². The molecule has 0 aliphatic heterocycles. The normalized spacial score (nSPS) is 12.2. The number of hydrogen-bond acceptors (Lipinski definition) is 4. The molecule has 0 bridgehead atoms. The van der Waals surface area contributed by atoms with E-state index in [1.165, 1.54) is 7.11 Å². The van der Waals surface area contributed by atoms with Crippen molar-refractivity contribution in [2.24, 2.45) is 0 Å². The van der Waals surface area contributed by atoms with E-state index in [9.17, 15) is 9.90 Å². The molecule has 1 N–H and O–H groups in total. The number of rotatable bonds is 3. The van der Waals surface area contributed by atoms with Crippen molar-refractivity contribution in [1.82, 2.24) is 4.98 Å². The molecule has 0 aliphatic carbocycles. The van der Waals surface area contributed by atoms with E-state index in [-0.39, 0.29) is 6.42 Å². The molecule has 0 radical (unpaired) electrons. The summed E-state index contributed by atoms with van der Waals surface area (Å²) in [6.45, 7) is 0. The summed E-state index contributed by atoms with van der Waals surface area (Å²) in [4.78, 5) is 14.8. The number of carbonyl (C=O) groups excluding carboxylic acids is 1. The maximum atomic E-state index is 10.8. The van der Waals surface area contributed by atoms with Crippen LogP contribution >= 0.6 is 15.9 Å². The highest BCUT2D eigenvalue weighted by molar-refractivity contribution is 9.10. The summed E-state index contributed by atoms with van der Waals surface area (Å²) in [6.07, 6.45) is 0.580. The second-order valence-corrected chi connectivity index (χ2v) is 3.61. The smallest absolute Gasteiger partial charge is 0.308 e. The van der Waals surface area contributed by atoms with Crippen molar-refractivity contribution in [3.63, 3.8) is 0 Å². The Labute approximate surface area is 90.0 Å². The van der Waals surface area contributed by atoms with E-state index in [1.54, 1.807) is 18.3 Å². The monoisotopic (exact) mass is 259 g/mol. The SMILES string of the molecule is COC(=O)C[C@H](O)c1ccc(Br)cn1. The van der Waals surface area contributed by atoms with Gasteiger partial charge in [0, 0.05) is 10.7 Å². The number of halogens is 1. The molecule has 5 heteroatoms. The molecular formula is C9H10BrNO3. The van der Waals surface area contributed by atoms with Crippen LogP contribution in [-0.2, 0) is 9.53 Å². The number of pyridine rings is 1. The fraction of sp³-hybridized carbons (Fsp3) is 0.333. The molecule has 0 fully saturated rings. The van der Waals surface area contributed by atoms with Crippen molar-refractivity contribution < 1.29 is 14.6 Å². The molecule has 0 aliphatic rings. The molecule has 0 saturated carbocycles. The lowest BCUT2D eigenvalue weighted by molar-refractivity contribution is -0.142. The van der Waals surface area contributed by atoms with E-state index in [2.05, 4.69) is 25.7 Å².